The number of rotatable bonds is 2. The minimum absolute atomic E-state index is 0.00780. The Balaban J connectivity index is 2.12. The third-order valence-corrected chi connectivity index (χ3v) is 6.13. The molecule has 2 rings (SSSR count). The lowest BCUT2D eigenvalue weighted by molar-refractivity contribution is -0.148. The molecule has 1 aliphatic heterocycles. The molecule has 1 unspecified atom stereocenters. The molecule has 0 aromatic carbocycles. The summed E-state index contributed by atoms with van der Waals surface area (Å²) in [6, 6.07) is 0. The molecule has 6 nitrogen and oxygen atoms in total. The van der Waals surface area contributed by atoms with Crippen molar-refractivity contribution in [1.82, 2.24) is 9.80 Å². The van der Waals surface area contributed by atoms with Crippen LogP contribution in [0.3, 0.4) is 0 Å². The summed E-state index contributed by atoms with van der Waals surface area (Å²) in [4.78, 5) is 27.5. The fraction of sp³-hybridized carbons (Fsp3) is 0.833. The van der Waals surface area contributed by atoms with E-state index in [1.54, 1.807) is 25.9 Å². The second kappa shape index (κ2) is 4.47. The van der Waals surface area contributed by atoms with Crippen LogP contribution in [0.2, 0.25) is 0 Å². The molecular formula is C12H20N2O4S. The molecule has 19 heavy (non-hydrogen) atoms. The number of amides is 2. The SMILES string of the molecule is CC1CN(C(=O)C2(C(=O)N(C)C)CC2)CCS1(=O)=O. The van der Waals surface area contributed by atoms with Crippen molar-refractivity contribution >= 4 is 21.7 Å². The molecule has 2 amide bonds. The summed E-state index contributed by atoms with van der Waals surface area (Å²) in [5, 5.41) is -0.546. The molecule has 2 fully saturated rings. The van der Waals surface area contributed by atoms with Crippen molar-refractivity contribution in [2.24, 2.45) is 5.41 Å². The number of hydrogen-bond donors (Lipinski definition) is 0. The third-order valence-electron chi connectivity index (χ3n) is 4.00. The van der Waals surface area contributed by atoms with Crippen LogP contribution < -0.4 is 0 Å². The van der Waals surface area contributed by atoms with E-state index in [1.165, 1.54) is 4.90 Å². The first-order valence-electron chi connectivity index (χ1n) is 6.43. The fourth-order valence-electron chi connectivity index (χ4n) is 2.51. The van der Waals surface area contributed by atoms with Crippen molar-refractivity contribution in [3.63, 3.8) is 0 Å². The van der Waals surface area contributed by atoms with Gasteiger partial charge in [0.1, 0.15) is 5.41 Å². The van der Waals surface area contributed by atoms with E-state index in [2.05, 4.69) is 0 Å². The largest absolute Gasteiger partial charge is 0.348 e. The van der Waals surface area contributed by atoms with Gasteiger partial charge in [-0.05, 0) is 19.8 Å². The maximum absolute atomic E-state index is 12.5. The van der Waals surface area contributed by atoms with E-state index in [0.29, 0.717) is 12.8 Å². The lowest BCUT2D eigenvalue weighted by Crippen LogP contribution is -2.52. The Kier molecular flexibility index (Phi) is 3.36. The molecule has 0 N–H and O–H groups in total. The minimum Gasteiger partial charge on any atom is -0.348 e. The van der Waals surface area contributed by atoms with Crippen LogP contribution in [0.15, 0.2) is 0 Å². The summed E-state index contributed by atoms with van der Waals surface area (Å²) in [5.41, 5.74) is -0.912. The van der Waals surface area contributed by atoms with Crippen LogP contribution in [-0.4, -0.2) is 68.2 Å². The lowest BCUT2D eigenvalue weighted by Gasteiger charge is -2.33. The molecule has 0 aromatic heterocycles. The van der Waals surface area contributed by atoms with Gasteiger partial charge in [-0.3, -0.25) is 9.59 Å². The second-order valence-electron chi connectivity index (χ2n) is 5.71. The molecule has 0 aromatic rings. The normalized spacial score (nSPS) is 27.7. The first-order valence-corrected chi connectivity index (χ1v) is 8.15. The molecule has 7 heteroatoms. The molecule has 1 atom stereocenters. The maximum Gasteiger partial charge on any atom is 0.238 e. The van der Waals surface area contributed by atoms with E-state index >= 15 is 0 Å². The van der Waals surface area contributed by atoms with E-state index in [4.69, 9.17) is 0 Å². The summed E-state index contributed by atoms with van der Waals surface area (Å²) >= 11 is 0. The second-order valence-corrected chi connectivity index (χ2v) is 8.25. The van der Waals surface area contributed by atoms with Gasteiger partial charge in [-0.1, -0.05) is 0 Å². The van der Waals surface area contributed by atoms with Crippen LogP contribution in [0, 0.1) is 5.41 Å². The van der Waals surface area contributed by atoms with Crippen molar-refractivity contribution in [1.29, 1.82) is 0 Å². The molecule has 1 saturated carbocycles. The fourth-order valence-corrected chi connectivity index (χ4v) is 3.80. The monoisotopic (exact) mass is 288 g/mol. The van der Waals surface area contributed by atoms with Gasteiger partial charge in [-0.25, -0.2) is 8.42 Å². The van der Waals surface area contributed by atoms with Gasteiger partial charge in [-0.2, -0.15) is 0 Å². The predicted octanol–water partition coefficient (Wildman–Crippen LogP) is -0.500. The summed E-state index contributed by atoms with van der Waals surface area (Å²) in [5.74, 6) is -0.377. The van der Waals surface area contributed by atoms with Gasteiger partial charge < -0.3 is 9.80 Å². The quantitative estimate of drug-likeness (QED) is 0.642. The van der Waals surface area contributed by atoms with E-state index < -0.39 is 20.5 Å². The van der Waals surface area contributed by atoms with Crippen molar-refractivity contribution in [2.45, 2.75) is 25.0 Å². The smallest absolute Gasteiger partial charge is 0.238 e. The highest BCUT2D eigenvalue weighted by Crippen LogP contribution is 2.48. The molecule has 2 aliphatic rings. The first-order chi connectivity index (χ1) is 8.70. The summed E-state index contributed by atoms with van der Waals surface area (Å²) in [7, 11) is 0.197. The minimum atomic E-state index is -3.08. The topological polar surface area (TPSA) is 74.8 Å². The van der Waals surface area contributed by atoms with Crippen molar-refractivity contribution in [2.75, 3.05) is 32.9 Å². The zero-order chi connectivity index (χ0) is 14.4. The zero-order valence-electron chi connectivity index (χ0n) is 11.5. The first kappa shape index (κ1) is 14.3. The van der Waals surface area contributed by atoms with Gasteiger partial charge in [0, 0.05) is 27.2 Å². The molecule has 0 radical (unpaired) electrons. The van der Waals surface area contributed by atoms with Gasteiger partial charge in [0.2, 0.25) is 11.8 Å². The molecule has 0 spiro atoms. The van der Waals surface area contributed by atoms with E-state index in [0.717, 1.165) is 0 Å². The van der Waals surface area contributed by atoms with Gasteiger partial charge >= 0.3 is 0 Å². The van der Waals surface area contributed by atoms with E-state index in [9.17, 15) is 18.0 Å². The van der Waals surface area contributed by atoms with Crippen molar-refractivity contribution in [3.8, 4) is 0 Å². The number of carbonyl (C=O) groups is 2. The summed E-state index contributed by atoms with van der Waals surface area (Å²) in [6.45, 7) is 2.01. The van der Waals surface area contributed by atoms with Gasteiger partial charge in [0.25, 0.3) is 0 Å². The van der Waals surface area contributed by atoms with Crippen LogP contribution in [0.1, 0.15) is 19.8 Å². The van der Waals surface area contributed by atoms with Gasteiger partial charge in [0.15, 0.2) is 9.84 Å². The number of hydrogen-bond acceptors (Lipinski definition) is 4. The molecule has 1 heterocycles. The van der Waals surface area contributed by atoms with E-state index in [1.807, 2.05) is 0 Å². The van der Waals surface area contributed by atoms with E-state index in [-0.39, 0.29) is 30.7 Å². The Morgan fingerprint density at radius 3 is 2.26 bits per heavy atom. The maximum atomic E-state index is 12.5. The number of carbonyl (C=O) groups excluding carboxylic acids is 2. The average molecular weight is 288 g/mol. The Bertz CT molecular complexity index is 508. The van der Waals surface area contributed by atoms with Gasteiger partial charge in [-0.15, -0.1) is 0 Å². The Hall–Kier alpha value is -1.11. The Morgan fingerprint density at radius 2 is 1.84 bits per heavy atom. The number of sulfone groups is 1. The molecular weight excluding hydrogens is 268 g/mol. The highest BCUT2D eigenvalue weighted by Gasteiger charge is 2.59. The molecule has 1 aliphatic carbocycles. The molecule has 108 valence electrons. The zero-order valence-corrected chi connectivity index (χ0v) is 12.4. The van der Waals surface area contributed by atoms with Crippen LogP contribution >= 0.6 is 0 Å². The van der Waals surface area contributed by atoms with Crippen LogP contribution in [0.25, 0.3) is 0 Å². The molecule has 1 saturated heterocycles. The van der Waals surface area contributed by atoms with Crippen LogP contribution in [0.5, 0.6) is 0 Å². The standard InChI is InChI=1S/C12H20N2O4S/c1-9-8-14(6-7-19(9,17)18)11(16)12(4-5-12)10(15)13(2)3/h9H,4-8H2,1-3H3. The molecule has 0 bridgehead atoms. The van der Waals surface area contributed by atoms with Crippen molar-refractivity contribution < 1.29 is 18.0 Å². The summed E-state index contributed by atoms with van der Waals surface area (Å²) in [6.07, 6.45) is 1.14. The van der Waals surface area contributed by atoms with Gasteiger partial charge in [0.05, 0.1) is 11.0 Å². The number of nitrogens with zero attached hydrogens (tertiary/aromatic N) is 2. The predicted molar refractivity (Wildman–Crippen MR) is 70.2 cm³/mol. The lowest BCUT2D eigenvalue weighted by atomic mass is 10.0. The van der Waals surface area contributed by atoms with Crippen LogP contribution in [0.4, 0.5) is 0 Å². The highest BCUT2D eigenvalue weighted by molar-refractivity contribution is 7.92. The highest BCUT2D eigenvalue weighted by atomic mass is 32.2. The van der Waals surface area contributed by atoms with Crippen molar-refractivity contribution in [3.05, 3.63) is 0 Å². The summed E-state index contributed by atoms with van der Waals surface area (Å²) < 4.78 is 23.3. The Morgan fingerprint density at radius 1 is 1.26 bits per heavy atom. The third kappa shape index (κ3) is 2.35. The average Bonchev–Trinajstić information content (AvgIpc) is 3.12. The van der Waals surface area contributed by atoms with Crippen LogP contribution in [-0.2, 0) is 19.4 Å². The Labute approximate surface area is 113 Å².